The van der Waals surface area contributed by atoms with Gasteiger partial charge < -0.3 is 10.6 Å². The quantitative estimate of drug-likeness (QED) is 0.702. The molecule has 0 aromatic heterocycles. The number of nitrogens with one attached hydrogen (secondary N) is 2. The molecule has 1 amide bonds. The maximum atomic E-state index is 11.5. The lowest BCUT2D eigenvalue weighted by atomic mass is 10.0. The second-order valence-electron chi connectivity index (χ2n) is 5.52. The van der Waals surface area contributed by atoms with Crippen LogP contribution >= 0.6 is 0 Å². The number of rotatable bonds is 7. The largest absolute Gasteiger partial charge is 0.354 e. The second kappa shape index (κ2) is 7.66. The summed E-state index contributed by atoms with van der Waals surface area (Å²) in [7, 11) is 0. The molecule has 0 bridgehead atoms. The third-order valence-electron chi connectivity index (χ3n) is 2.34. The summed E-state index contributed by atoms with van der Waals surface area (Å²) in [6.45, 7) is 12.6. The van der Waals surface area contributed by atoms with Crippen molar-refractivity contribution in [2.24, 2.45) is 5.92 Å². The van der Waals surface area contributed by atoms with Gasteiger partial charge in [-0.3, -0.25) is 4.79 Å². The molecule has 0 aromatic carbocycles. The molecule has 0 rings (SSSR count). The van der Waals surface area contributed by atoms with Crippen molar-refractivity contribution in [3.63, 3.8) is 0 Å². The van der Waals surface area contributed by atoms with Gasteiger partial charge in [-0.1, -0.05) is 13.8 Å². The summed E-state index contributed by atoms with van der Waals surface area (Å²) in [6.07, 6.45) is 1.71. The van der Waals surface area contributed by atoms with E-state index in [0.717, 1.165) is 6.42 Å². The topological polar surface area (TPSA) is 41.1 Å². The van der Waals surface area contributed by atoms with Crippen LogP contribution in [-0.4, -0.2) is 24.0 Å². The van der Waals surface area contributed by atoms with Gasteiger partial charge in [-0.05, 0) is 40.0 Å². The minimum atomic E-state index is 0.131. The van der Waals surface area contributed by atoms with Gasteiger partial charge in [-0.2, -0.15) is 0 Å². The summed E-state index contributed by atoms with van der Waals surface area (Å²) in [5.74, 6) is 0.825. The van der Waals surface area contributed by atoms with E-state index in [-0.39, 0.29) is 18.0 Å². The average molecular weight is 228 g/mol. The summed E-state index contributed by atoms with van der Waals surface area (Å²) in [5, 5.41) is 6.36. The van der Waals surface area contributed by atoms with E-state index < -0.39 is 0 Å². The van der Waals surface area contributed by atoms with Crippen molar-refractivity contribution >= 4 is 5.91 Å². The van der Waals surface area contributed by atoms with Crippen LogP contribution in [0.3, 0.4) is 0 Å². The Morgan fingerprint density at radius 1 is 1.00 bits per heavy atom. The average Bonchev–Trinajstić information content (AvgIpc) is 1.97. The molecule has 0 aliphatic heterocycles. The number of hydrogen-bond acceptors (Lipinski definition) is 2. The van der Waals surface area contributed by atoms with E-state index in [4.69, 9.17) is 0 Å². The van der Waals surface area contributed by atoms with Crippen molar-refractivity contribution < 1.29 is 4.79 Å². The van der Waals surface area contributed by atoms with Gasteiger partial charge in [0.2, 0.25) is 5.91 Å². The molecule has 16 heavy (non-hydrogen) atoms. The summed E-state index contributed by atoms with van der Waals surface area (Å²) in [4.78, 5) is 11.5. The van der Waals surface area contributed by atoms with Gasteiger partial charge in [0.1, 0.15) is 0 Å². The number of amides is 1. The highest BCUT2D eigenvalue weighted by atomic mass is 16.1. The first kappa shape index (κ1) is 15.4. The number of carbonyl (C=O) groups is 1. The van der Waals surface area contributed by atoms with Gasteiger partial charge in [0, 0.05) is 24.5 Å². The molecule has 3 heteroatoms. The van der Waals surface area contributed by atoms with Gasteiger partial charge in [-0.25, -0.2) is 0 Å². The maximum Gasteiger partial charge on any atom is 0.221 e. The van der Waals surface area contributed by atoms with Crippen molar-refractivity contribution in [1.82, 2.24) is 10.6 Å². The first-order valence-electron chi connectivity index (χ1n) is 6.36. The fourth-order valence-corrected chi connectivity index (χ4v) is 1.98. The molecular formula is C13H28N2O. The normalized spacial score (nSPS) is 15.2. The Hall–Kier alpha value is -0.570. The molecule has 0 spiro atoms. The first-order chi connectivity index (χ1) is 7.31. The standard InChI is InChI=1S/C13H28N2O/c1-9(2)7-11(5)15-12(6)8-13(16)14-10(3)4/h9-12,15H,7-8H2,1-6H3,(H,14,16)/t11-,12+/m0/s1. The van der Waals surface area contributed by atoms with Crippen LogP contribution in [0.2, 0.25) is 0 Å². The van der Waals surface area contributed by atoms with Crippen molar-refractivity contribution in [2.45, 2.75) is 72.5 Å². The molecule has 2 atom stereocenters. The Kier molecular flexibility index (Phi) is 7.39. The summed E-state index contributed by atoms with van der Waals surface area (Å²) < 4.78 is 0. The SMILES string of the molecule is CC(C)C[C@H](C)N[C@H](C)CC(=O)NC(C)C. The Labute approximate surface area is 100 Å². The zero-order valence-corrected chi connectivity index (χ0v) is 11.6. The highest BCUT2D eigenvalue weighted by Gasteiger charge is 2.12. The Morgan fingerprint density at radius 3 is 2.00 bits per heavy atom. The van der Waals surface area contributed by atoms with Crippen LogP contribution in [-0.2, 0) is 4.79 Å². The molecule has 0 aliphatic rings. The number of carbonyl (C=O) groups excluding carboxylic acids is 1. The monoisotopic (exact) mass is 228 g/mol. The van der Waals surface area contributed by atoms with E-state index in [1.807, 2.05) is 13.8 Å². The minimum Gasteiger partial charge on any atom is -0.354 e. The molecule has 0 aromatic rings. The molecule has 0 saturated heterocycles. The van der Waals surface area contributed by atoms with Gasteiger partial charge in [0.05, 0.1) is 0 Å². The summed E-state index contributed by atoms with van der Waals surface area (Å²) >= 11 is 0. The zero-order chi connectivity index (χ0) is 12.7. The van der Waals surface area contributed by atoms with E-state index in [9.17, 15) is 4.79 Å². The van der Waals surface area contributed by atoms with E-state index in [1.165, 1.54) is 0 Å². The Morgan fingerprint density at radius 2 is 1.56 bits per heavy atom. The van der Waals surface area contributed by atoms with Crippen molar-refractivity contribution in [1.29, 1.82) is 0 Å². The van der Waals surface area contributed by atoms with Gasteiger partial charge >= 0.3 is 0 Å². The van der Waals surface area contributed by atoms with Crippen LogP contribution in [0.5, 0.6) is 0 Å². The molecule has 0 radical (unpaired) electrons. The van der Waals surface area contributed by atoms with Gasteiger partial charge in [0.15, 0.2) is 0 Å². The molecule has 3 nitrogen and oxygen atoms in total. The summed E-state index contributed by atoms with van der Waals surface area (Å²) in [6, 6.07) is 0.946. The zero-order valence-electron chi connectivity index (χ0n) is 11.6. The fourth-order valence-electron chi connectivity index (χ4n) is 1.98. The lowest BCUT2D eigenvalue weighted by Crippen LogP contribution is -2.40. The van der Waals surface area contributed by atoms with Crippen molar-refractivity contribution in [2.75, 3.05) is 0 Å². The van der Waals surface area contributed by atoms with E-state index >= 15 is 0 Å². The number of hydrogen-bond donors (Lipinski definition) is 2. The molecule has 0 unspecified atom stereocenters. The third-order valence-corrected chi connectivity index (χ3v) is 2.34. The van der Waals surface area contributed by atoms with Crippen LogP contribution in [0.4, 0.5) is 0 Å². The van der Waals surface area contributed by atoms with Crippen molar-refractivity contribution in [3.05, 3.63) is 0 Å². The maximum absolute atomic E-state index is 11.5. The molecule has 0 heterocycles. The van der Waals surface area contributed by atoms with Crippen molar-refractivity contribution in [3.8, 4) is 0 Å². The first-order valence-corrected chi connectivity index (χ1v) is 6.36. The lowest BCUT2D eigenvalue weighted by Gasteiger charge is -2.21. The lowest BCUT2D eigenvalue weighted by molar-refractivity contribution is -0.122. The molecule has 0 fully saturated rings. The van der Waals surface area contributed by atoms with Crippen LogP contribution in [0.1, 0.15) is 54.4 Å². The van der Waals surface area contributed by atoms with E-state index in [2.05, 4.69) is 38.3 Å². The molecule has 96 valence electrons. The fraction of sp³-hybridized carbons (Fsp3) is 0.923. The van der Waals surface area contributed by atoms with Crippen LogP contribution in [0, 0.1) is 5.92 Å². The van der Waals surface area contributed by atoms with Crippen LogP contribution < -0.4 is 10.6 Å². The van der Waals surface area contributed by atoms with Gasteiger partial charge in [0.25, 0.3) is 0 Å². The van der Waals surface area contributed by atoms with Crippen LogP contribution in [0.15, 0.2) is 0 Å². The van der Waals surface area contributed by atoms with Gasteiger partial charge in [-0.15, -0.1) is 0 Å². The minimum absolute atomic E-state index is 0.131. The smallest absolute Gasteiger partial charge is 0.221 e. The third kappa shape index (κ3) is 8.72. The Balaban J connectivity index is 3.80. The molecular weight excluding hydrogens is 200 g/mol. The highest BCUT2D eigenvalue weighted by molar-refractivity contribution is 5.76. The second-order valence-corrected chi connectivity index (χ2v) is 5.52. The Bertz CT molecular complexity index is 202. The van der Waals surface area contributed by atoms with E-state index in [0.29, 0.717) is 18.4 Å². The molecule has 2 N–H and O–H groups in total. The predicted octanol–water partition coefficient (Wildman–Crippen LogP) is 2.31. The highest BCUT2D eigenvalue weighted by Crippen LogP contribution is 2.05. The van der Waals surface area contributed by atoms with Crippen LogP contribution in [0.25, 0.3) is 0 Å². The van der Waals surface area contributed by atoms with E-state index in [1.54, 1.807) is 0 Å². The predicted molar refractivity (Wildman–Crippen MR) is 69.4 cm³/mol. The molecule has 0 aliphatic carbocycles. The molecule has 0 saturated carbocycles. The summed E-state index contributed by atoms with van der Waals surface area (Å²) in [5.41, 5.74) is 0.